The van der Waals surface area contributed by atoms with Gasteiger partial charge in [0.05, 0.1) is 10.0 Å². The maximum absolute atomic E-state index is 6.00. The molecule has 1 aromatic carbocycles. The molecule has 0 fully saturated rings. The van der Waals surface area contributed by atoms with E-state index < -0.39 is 0 Å². The Morgan fingerprint density at radius 2 is 1.79 bits per heavy atom. The molecule has 1 N–H and O–H groups in total. The number of H-pyrrole nitrogens is 1. The summed E-state index contributed by atoms with van der Waals surface area (Å²) in [5.74, 6) is 0. The fraction of sp³-hybridized carbons (Fsp3) is 0.0909. The molecule has 1 nitrogen and oxygen atoms in total. The van der Waals surface area contributed by atoms with Gasteiger partial charge in [0.2, 0.25) is 0 Å². The molecule has 0 aliphatic carbocycles. The van der Waals surface area contributed by atoms with E-state index in [0.717, 1.165) is 12.1 Å². The second kappa shape index (κ2) is 4.07. The van der Waals surface area contributed by atoms with Crippen LogP contribution in [0.15, 0.2) is 36.5 Å². The van der Waals surface area contributed by atoms with Crippen LogP contribution in [0.4, 0.5) is 0 Å². The van der Waals surface area contributed by atoms with Crippen LogP contribution in [0.1, 0.15) is 11.3 Å². The minimum Gasteiger partial charge on any atom is -0.362 e. The van der Waals surface area contributed by atoms with Crippen molar-refractivity contribution in [2.75, 3.05) is 0 Å². The monoisotopic (exact) mass is 225 g/mol. The molecule has 72 valence electrons. The summed E-state index contributed by atoms with van der Waals surface area (Å²) in [6.45, 7) is 0. The van der Waals surface area contributed by atoms with Crippen LogP contribution < -0.4 is 0 Å². The lowest BCUT2D eigenvalue weighted by Crippen LogP contribution is -1.87. The number of nitrogens with one attached hydrogen (secondary N) is 1. The quantitative estimate of drug-likeness (QED) is 0.798. The number of aromatic amines is 1. The highest BCUT2D eigenvalue weighted by molar-refractivity contribution is 6.42. The third kappa shape index (κ3) is 1.94. The Labute approximate surface area is 92.7 Å². The Balaban J connectivity index is 2.23. The average Bonchev–Trinajstić information content (AvgIpc) is 2.52. The summed E-state index contributed by atoms with van der Waals surface area (Å²) in [5.41, 5.74) is 2.18. The predicted octanol–water partition coefficient (Wildman–Crippen LogP) is 3.91. The van der Waals surface area contributed by atoms with Gasteiger partial charge in [-0.2, -0.15) is 0 Å². The summed E-state index contributed by atoms with van der Waals surface area (Å²) in [7, 11) is 0. The van der Waals surface area contributed by atoms with Crippen LogP contribution in [0.25, 0.3) is 0 Å². The third-order valence-electron chi connectivity index (χ3n) is 2.07. The number of rotatable bonds is 2. The molecule has 0 aliphatic heterocycles. The van der Waals surface area contributed by atoms with Gasteiger partial charge in [-0.15, -0.1) is 0 Å². The molecular formula is C11H9Cl2N. The van der Waals surface area contributed by atoms with Crippen molar-refractivity contribution >= 4 is 23.2 Å². The normalized spacial score (nSPS) is 10.4. The van der Waals surface area contributed by atoms with Crippen molar-refractivity contribution in [2.24, 2.45) is 0 Å². The number of hydrogen-bond donors (Lipinski definition) is 1. The topological polar surface area (TPSA) is 15.8 Å². The van der Waals surface area contributed by atoms with E-state index in [1.165, 1.54) is 5.56 Å². The van der Waals surface area contributed by atoms with Crippen molar-refractivity contribution in [3.8, 4) is 0 Å². The number of benzene rings is 1. The first kappa shape index (κ1) is 9.63. The lowest BCUT2D eigenvalue weighted by atomic mass is 10.1. The zero-order valence-electron chi connectivity index (χ0n) is 7.43. The van der Waals surface area contributed by atoms with Crippen LogP contribution in [0, 0.1) is 0 Å². The highest BCUT2D eigenvalue weighted by Crippen LogP contribution is 2.26. The predicted molar refractivity (Wildman–Crippen MR) is 60.1 cm³/mol. The second-order valence-corrected chi connectivity index (χ2v) is 3.88. The molecule has 1 heterocycles. The highest BCUT2D eigenvalue weighted by Gasteiger charge is 2.06. The second-order valence-electron chi connectivity index (χ2n) is 3.09. The molecule has 2 aromatic rings. The Morgan fingerprint density at radius 3 is 2.36 bits per heavy atom. The summed E-state index contributed by atoms with van der Waals surface area (Å²) in [6.07, 6.45) is 2.49. The SMILES string of the molecule is Clc1c[nH]c(Cc2ccccc2)c1Cl. The van der Waals surface area contributed by atoms with Crippen LogP contribution in [-0.2, 0) is 6.42 Å². The zero-order valence-corrected chi connectivity index (χ0v) is 8.94. The van der Waals surface area contributed by atoms with E-state index in [1.54, 1.807) is 6.20 Å². The highest BCUT2D eigenvalue weighted by atomic mass is 35.5. The molecule has 1 aromatic heterocycles. The molecule has 0 spiro atoms. The van der Waals surface area contributed by atoms with Gasteiger partial charge in [-0.3, -0.25) is 0 Å². The van der Waals surface area contributed by atoms with Crippen molar-refractivity contribution < 1.29 is 0 Å². The molecule has 0 unspecified atom stereocenters. The molecule has 2 rings (SSSR count). The van der Waals surface area contributed by atoms with E-state index >= 15 is 0 Å². The average molecular weight is 226 g/mol. The summed E-state index contributed by atoms with van der Waals surface area (Å²) in [6, 6.07) is 10.1. The van der Waals surface area contributed by atoms with Crippen molar-refractivity contribution in [2.45, 2.75) is 6.42 Å². The van der Waals surface area contributed by atoms with E-state index in [1.807, 2.05) is 18.2 Å². The van der Waals surface area contributed by atoms with Crippen molar-refractivity contribution in [3.63, 3.8) is 0 Å². The first-order valence-electron chi connectivity index (χ1n) is 4.32. The molecule has 3 heteroatoms. The molecule has 0 bridgehead atoms. The maximum Gasteiger partial charge on any atom is 0.0803 e. The van der Waals surface area contributed by atoms with E-state index in [-0.39, 0.29) is 0 Å². The van der Waals surface area contributed by atoms with Gasteiger partial charge in [-0.1, -0.05) is 53.5 Å². The number of hydrogen-bond acceptors (Lipinski definition) is 0. The van der Waals surface area contributed by atoms with Gasteiger partial charge >= 0.3 is 0 Å². The summed E-state index contributed by atoms with van der Waals surface area (Å²) in [4.78, 5) is 3.06. The summed E-state index contributed by atoms with van der Waals surface area (Å²) >= 11 is 11.8. The molecule has 0 radical (unpaired) electrons. The van der Waals surface area contributed by atoms with Crippen LogP contribution in [-0.4, -0.2) is 4.98 Å². The zero-order chi connectivity index (χ0) is 9.97. The Hall–Kier alpha value is -0.920. The smallest absolute Gasteiger partial charge is 0.0803 e. The molecular weight excluding hydrogens is 217 g/mol. The lowest BCUT2D eigenvalue weighted by molar-refractivity contribution is 1.11. The molecule has 0 amide bonds. The molecule has 0 atom stereocenters. The lowest BCUT2D eigenvalue weighted by Gasteiger charge is -1.99. The number of halogens is 2. The van der Waals surface area contributed by atoms with E-state index in [0.29, 0.717) is 10.0 Å². The maximum atomic E-state index is 6.00. The molecule has 0 saturated heterocycles. The molecule has 0 aliphatic rings. The largest absolute Gasteiger partial charge is 0.362 e. The van der Waals surface area contributed by atoms with Crippen LogP contribution in [0.3, 0.4) is 0 Å². The summed E-state index contributed by atoms with van der Waals surface area (Å²) in [5, 5.41) is 1.20. The first-order chi connectivity index (χ1) is 6.77. The van der Waals surface area contributed by atoms with Crippen LogP contribution >= 0.6 is 23.2 Å². The van der Waals surface area contributed by atoms with Crippen LogP contribution in [0.2, 0.25) is 10.0 Å². The third-order valence-corrected chi connectivity index (χ3v) is 2.90. The molecule has 14 heavy (non-hydrogen) atoms. The van der Waals surface area contributed by atoms with Gasteiger partial charge in [0.15, 0.2) is 0 Å². The van der Waals surface area contributed by atoms with Crippen molar-refractivity contribution in [1.29, 1.82) is 0 Å². The van der Waals surface area contributed by atoms with Crippen LogP contribution in [0.5, 0.6) is 0 Å². The van der Waals surface area contributed by atoms with Crippen molar-refractivity contribution in [3.05, 3.63) is 57.8 Å². The standard InChI is InChI=1S/C11H9Cl2N/c12-9-7-14-10(11(9)13)6-8-4-2-1-3-5-8/h1-5,7,14H,6H2. The fourth-order valence-corrected chi connectivity index (χ4v) is 1.69. The van der Waals surface area contributed by atoms with Crippen molar-refractivity contribution in [1.82, 2.24) is 4.98 Å². The minimum atomic E-state index is 0.581. The number of aromatic nitrogens is 1. The summed E-state index contributed by atoms with van der Waals surface area (Å²) < 4.78 is 0. The molecule has 0 saturated carbocycles. The van der Waals surface area contributed by atoms with Gasteiger partial charge in [-0.05, 0) is 5.56 Å². The Morgan fingerprint density at radius 1 is 1.07 bits per heavy atom. The van der Waals surface area contributed by atoms with Gasteiger partial charge in [-0.25, -0.2) is 0 Å². The van der Waals surface area contributed by atoms with E-state index in [4.69, 9.17) is 23.2 Å². The fourth-order valence-electron chi connectivity index (χ4n) is 1.35. The van der Waals surface area contributed by atoms with E-state index in [9.17, 15) is 0 Å². The van der Waals surface area contributed by atoms with Gasteiger partial charge < -0.3 is 4.98 Å². The van der Waals surface area contributed by atoms with Gasteiger partial charge in [0, 0.05) is 18.3 Å². The van der Waals surface area contributed by atoms with E-state index in [2.05, 4.69) is 17.1 Å². The van der Waals surface area contributed by atoms with Gasteiger partial charge in [0.1, 0.15) is 0 Å². The van der Waals surface area contributed by atoms with Gasteiger partial charge in [0.25, 0.3) is 0 Å². The first-order valence-corrected chi connectivity index (χ1v) is 5.08. The minimum absolute atomic E-state index is 0.581. The Kier molecular flexibility index (Phi) is 2.80. The Bertz CT molecular complexity index is 420.